The maximum Gasteiger partial charge on any atom is 0.158 e. The summed E-state index contributed by atoms with van der Waals surface area (Å²) in [5.74, 6) is 1.55. The Hall–Kier alpha value is -0.490. The smallest absolute Gasteiger partial charge is 0.158 e. The number of carbonyl (C=O) groups is 1. The van der Waals surface area contributed by atoms with Crippen LogP contribution in [0.5, 0.6) is 0 Å². The molecule has 0 spiro atoms. The van der Waals surface area contributed by atoms with E-state index in [1.54, 1.807) is 0 Å². The monoisotopic (exact) mass is 404 g/mol. The number of hydrogen-bond donors (Lipinski definition) is 0. The molecule has 5 nitrogen and oxygen atoms in total. The minimum absolute atomic E-state index is 0.158. The molecule has 0 radical (unpaired) electrons. The van der Waals surface area contributed by atoms with E-state index in [2.05, 4.69) is 41.5 Å². The summed E-state index contributed by atoms with van der Waals surface area (Å²) < 4.78 is 21.4. The first-order valence-electron chi connectivity index (χ1n) is 11.0. The van der Waals surface area contributed by atoms with Crippen LogP contribution in [0.15, 0.2) is 0 Å². The highest BCUT2D eigenvalue weighted by molar-refractivity contribution is 5.79. The van der Waals surface area contributed by atoms with E-state index < -0.39 is 0 Å². The third-order valence-corrected chi connectivity index (χ3v) is 3.67. The van der Waals surface area contributed by atoms with Gasteiger partial charge in [0.25, 0.3) is 0 Å². The van der Waals surface area contributed by atoms with Crippen molar-refractivity contribution in [3.63, 3.8) is 0 Å². The molecule has 0 aliphatic heterocycles. The predicted octanol–water partition coefficient (Wildman–Crippen LogP) is 5.30. The normalized spacial score (nSPS) is 11.4. The van der Waals surface area contributed by atoms with Gasteiger partial charge in [-0.1, -0.05) is 27.7 Å². The Morgan fingerprint density at radius 2 is 1.18 bits per heavy atom. The molecule has 0 fully saturated rings. The summed E-state index contributed by atoms with van der Waals surface area (Å²) in [5, 5.41) is 0. The Labute approximate surface area is 174 Å². The summed E-state index contributed by atoms with van der Waals surface area (Å²) in [5.41, 5.74) is 0. The van der Waals surface area contributed by atoms with Gasteiger partial charge in [0.1, 0.15) is 6.61 Å². The average molecular weight is 405 g/mol. The van der Waals surface area contributed by atoms with Crippen molar-refractivity contribution in [3.8, 4) is 0 Å². The molecule has 5 heteroatoms. The highest BCUT2D eigenvalue weighted by atomic mass is 16.5. The van der Waals surface area contributed by atoms with Crippen LogP contribution in [-0.2, 0) is 23.7 Å². The van der Waals surface area contributed by atoms with Gasteiger partial charge in [0.05, 0.1) is 25.4 Å². The Kier molecular flexibility index (Phi) is 22.5. The molecule has 0 aromatic rings. The van der Waals surface area contributed by atoms with E-state index in [9.17, 15) is 4.79 Å². The molecule has 0 aromatic heterocycles. The van der Waals surface area contributed by atoms with Gasteiger partial charge in [-0.3, -0.25) is 4.79 Å². The molecule has 0 atom stereocenters. The molecular weight excluding hydrogens is 356 g/mol. The van der Waals surface area contributed by atoms with Crippen LogP contribution < -0.4 is 0 Å². The van der Waals surface area contributed by atoms with Crippen LogP contribution in [0.4, 0.5) is 0 Å². The lowest BCUT2D eigenvalue weighted by molar-refractivity contribution is -0.124. The average Bonchev–Trinajstić information content (AvgIpc) is 2.57. The molecule has 0 N–H and O–H groups in total. The number of rotatable bonds is 17. The lowest BCUT2D eigenvalue weighted by atomic mass is 10.1. The molecule has 0 saturated heterocycles. The predicted molar refractivity (Wildman–Crippen MR) is 117 cm³/mol. The molecule has 0 amide bonds. The van der Waals surface area contributed by atoms with E-state index in [-0.39, 0.29) is 18.5 Å². The molecule has 0 unspecified atom stereocenters. The second-order valence-electron chi connectivity index (χ2n) is 8.51. The van der Waals surface area contributed by atoms with E-state index in [0.29, 0.717) is 44.9 Å². The molecule has 0 rings (SSSR count). The van der Waals surface area contributed by atoms with Crippen LogP contribution in [-0.4, -0.2) is 57.6 Å². The van der Waals surface area contributed by atoms with E-state index in [1.807, 2.05) is 13.8 Å². The SMILES string of the molecule is CC(C)CCOC(C)C.CC(C)CCOCC(=O)CCCOCCOC(C)C. The van der Waals surface area contributed by atoms with Gasteiger partial charge in [0.2, 0.25) is 0 Å². The van der Waals surface area contributed by atoms with E-state index in [1.165, 1.54) is 6.42 Å². The van der Waals surface area contributed by atoms with Crippen molar-refractivity contribution in [3.05, 3.63) is 0 Å². The molecule has 0 aliphatic rings. The first-order valence-corrected chi connectivity index (χ1v) is 11.0. The van der Waals surface area contributed by atoms with Crippen LogP contribution in [0.25, 0.3) is 0 Å². The zero-order valence-electron chi connectivity index (χ0n) is 19.9. The maximum absolute atomic E-state index is 11.5. The summed E-state index contributed by atoms with van der Waals surface area (Å²) in [6, 6.07) is 0. The van der Waals surface area contributed by atoms with Gasteiger partial charge in [0, 0.05) is 26.2 Å². The van der Waals surface area contributed by atoms with Gasteiger partial charge in [-0.05, 0) is 58.8 Å². The highest BCUT2D eigenvalue weighted by Crippen LogP contribution is 2.01. The molecule has 0 bridgehead atoms. The molecule has 0 heterocycles. The molecule has 0 aromatic carbocycles. The minimum atomic E-state index is 0.158. The lowest BCUT2D eigenvalue weighted by Crippen LogP contribution is -2.13. The minimum Gasteiger partial charge on any atom is -0.379 e. The summed E-state index contributed by atoms with van der Waals surface area (Å²) in [6.45, 7) is 20.5. The zero-order chi connectivity index (χ0) is 21.8. The number of carbonyl (C=O) groups excluding carboxylic acids is 1. The topological polar surface area (TPSA) is 54.0 Å². The second-order valence-corrected chi connectivity index (χ2v) is 8.51. The van der Waals surface area contributed by atoms with E-state index in [4.69, 9.17) is 18.9 Å². The van der Waals surface area contributed by atoms with Crippen LogP contribution in [0, 0.1) is 11.8 Å². The molecular formula is C23H48O5. The highest BCUT2D eigenvalue weighted by Gasteiger charge is 2.03. The van der Waals surface area contributed by atoms with Gasteiger partial charge >= 0.3 is 0 Å². The maximum atomic E-state index is 11.5. The van der Waals surface area contributed by atoms with Gasteiger partial charge in [-0.2, -0.15) is 0 Å². The van der Waals surface area contributed by atoms with Gasteiger partial charge in [-0.15, -0.1) is 0 Å². The third kappa shape index (κ3) is 30.2. The summed E-state index contributed by atoms with van der Waals surface area (Å²) in [4.78, 5) is 11.5. The lowest BCUT2D eigenvalue weighted by Gasteiger charge is -2.08. The first-order chi connectivity index (χ1) is 13.1. The van der Waals surface area contributed by atoms with Crippen molar-refractivity contribution in [1.82, 2.24) is 0 Å². The van der Waals surface area contributed by atoms with Gasteiger partial charge in [-0.25, -0.2) is 0 Å². The quantitative estimate of drug-likeness (QED) is 0.308. The summed E-state index contributed by atoms with van der Waals surface area (Å²) >= 11 is 0. The standard InChI is InChI=1S/C15H30O4.C8H18O/c1-13(2)7-9-18-12-15(16)6-5-8-17-10-11-19-14(3)4;1-7(2)5-6-9-8(3)4/h13-14H,5-12H2,1-4H3;7-8H,5-6H2,1-4H3. The Morgan fingerprint density at radius 1 is 0.643 bits per heavy atom. The van der Waals surface area contributed by atoms with Crippen molar-refractivity contribution in [1.29, 1.82) is 0 Å². The van der Waals surface area contributed by atoms with Crippen molar-refractivity contribution >= 4 is 5.78 Å². The second kappa shape index (κ2) is 21.2. The number of Topliss-reactive ketones (excluding diaryl/α,β-unsaturated/α-hetero) is 1. The first kappa shape index (κ1) is 29.7. The fraction of sp³-hybridized carbons (Fsp3) is 0.957. The zero-order valence-corrected chi connectivity index (χ0v) is 19.9. The van der Waals surface area contributed by atoms with Gasteiger partial charge < -0.3 is 18.9 Å². The van der Waals surface area contributed by atoms with Crippen LogP contribution in [0.1, 0.15) is 81.1 Å². The van der Waals surface area contributed by atoms with Crippen molar-refractivity contribution in [2.45, 2.75) is 93.3 Å². The van der Waals surface area contributed by atoms with Gasteiger partial charge in [0.15, 0.2) is 5.78 Å². The Morgan fingerprint density at radius 3 is 1.71 bits per heavy atom. The summed E-state index contributed by atoms with van der Waals surface area (Å²) in [7, 11) is 0. The number of ether oxygens (including phenoxy) is 4. The molecule has 0 saturated carbocycles. The number of ketones is 1. The molecule has 0 aliphatic carbocycles. The van der Waals surface area contributed by atoms with Crippen LogP contribution >= 0.6 is 0 Å². The molecule has 170 valence electrons. The molecule has 28 heavy (non-hydrogen) atoms. The number of hydrogen-bond acceptors (Lipinski definition) is 5. The fourth-order valence-corrected chi connectivity index (χ4v) is 1.93. The third-order valence-electron chi connectivity index (χ3n) is 3.67. The Balaban J connectivity index is 0. The van der Waals surface area contributed by atoms with Crippen molar-refractivity contribution < 1.29 is 23.7 Å². The van der Waals surface area contributed by atoms with Crippen molar-refractivity contribution in [2.75, 3.05) is 39.6 Å². The van der Waals surface area contributed by atoms with Crippen LogP contribution in [0.2, 0.25) is 0 Å². The van der Waals surface area contributed by atoms with E-state index >= 15 is 0 Å². The Bertz CT molecular complexity index is 319. The van der Waals surface area contributed by atoms with E-state index in [0.717, 1.165) is 25.4 Å². The van der Waals surface area contributed by atoms with Crippen molar-refractivity contribution in [2.24, 2.45) is 11.8 Å². The van der Waals surface area contributed by atoms with Crippen LogP contribution in [0.3, 0.4) is 0 Å². The summed E-state index contributed by atoms with van der Waals surface area (Å²) in [6.07, 6.45) is 4.11. The fourth-order valence-electron chi connectivity index (χ4n) is 1.93. The largest absolute Gasteiger partial charge is 0.379 e.